The van der Waals surface area contributed by atoms with Gasteiger partial charge >= 0.3 is 6.18 Å². The molecular weight excluding hydrogens is 377 g/mol. The fourth-order valence-corrected chi connectivity index (χ4v) is 2.72. The number of aliphatic imine (C=N–C) groups is 1. The molecule has 1 rings (SSSR count). The second kappa shape index (κ2) is 8.02. The van der Waals surface area contributed by atoms with Gasteiger partial charge in [0.15, 0.2) is 17.0 Å². The number of allylic oxidation sites excluding steroid dienone is 3. The third-order valence-corrected chi connectivity index (χ3v) is 4.14. The third kappa shape index (κ3) is 5.52. The highest BCUT2D eigenvalue weighted by atomic mass is 35.5. The molecule has 0 saturated carbocycles. The molecule has 0 aromatic rings. The van der Waals surface area contributed by atoms with E-state index in [1.54, 1.807) is 0 Å². The minimum absolute atomic E-state index is 0.0973. The van der Waals surface area contributed by atoms with E-state index in [9.17, 15) is 26.7 Å². The number of hydrogen-bond donors (Lipinski definition) is 2. The molecule has 3 N–H and O–H groups in total. The largest absolute Gasteiger partial charge is 0.412 e. The van der Waals surface area contributed by atoms with E-state index in [1.807, 2.05) is 0 Å². The van der Waals surface area contributed by atoms with Crippen molar-refractivity contribution in [3.63, 3.8) is 0 Å². The maximum absolute atomic E-state index is 13.3. The lowest BCUT2D eigenvalue weighted by Crippen LogP contribution is -2.44. The Morgan fingerprint density at radius 2 is 2.08 bits per heavy atom. The number of nitrogens with one attached hydrogen (secondary N) is 1. The van der Waals surface area contributed by atoms with Crippen LogP contribution in [0.15, 0.2) is 39.9 Å². The van der Waals surface area contributed by atoms with Crippen LogP contribution in [0, 0.1) is 0 Å². The molecule has 0 aromatic heterocycles. The van der Waals surface area contributed by atoms with Crippen molar-refractivity contribution in [2.24, 2.45) is 10.7 Å². The number of alkyl halides is 3. The highest BCUT2D eigenvalue weighted by Gasteiger charge is 2.51. The molecule has 134 valence electrons. The molecule has 2 unspecified atom stereocenters. The minimum Gasteiger partial charge on any atom is -0.379 e. The predicted octanol–water partition coefficient (Wildman–Crippen LogP) is 3.31. The van der Waals surface area contributed by atoms with Crippen molar-refractivity contribution < 1.29 is 26.7 Å². The molecule has 24 heavy (non-hydrogen) atoms. The Bertz CT molecular complexity index is 626. The highest BCUT2D eigenvalue weighted by molar-refractivity contribution is 8.15. The van der Waals surface area contributed by atoms with E-state index in [0.717, 1.165) is 6.92 Å². The summed E-state index contributed by atoms with van der Waals surface area (Å²) in [6.07, 6.45) is -4.05. The van der Waals surface area contributed by atoms with E-state index in [-0.39, 0.29) is 15.8 Å². The molecule has 0 saturated heterocycles. The molecular formula is C13H13ClF5N3OS. The number of carbonyl (C=O) groups is 1. The Labute approximate surface area is 143 Å². The van der Waals surface area contributed by atoms with Crippen molar-refractivity contribution in [1.82, 2.24) is 5.32 Å². The molecule has 11 heteroatoms. The second-order valence-corrected chi connectivity index (χ2v) is 6.28. The smallest absolute Gasteiger partial charge is 0.379 e. The molecule has 1 aliphatic rings. The number of carbonyl (C=O) groups excluding carboxylic acids is 1. The van der Waals surface area contributed by atoms with Gasteiger partial charge in [-0.15, -0.1) is 0 Å². The zero-order chi connectivity index (χ0) is 18.7. The number of amides is 1. The van der Waals surface area contributed by atoms with E-state index >= 15 is 0 Å². The van der Waals surface area contributed by atoms with Crippen LogP contribution in [0.4, 0.5) is 22.0 Å². The predicted molar refractivity (Wildman–Crippen MR) is 83.8 cm³/mol. The fraction of sp³-hybridized carbons (Fsp3) is 0.385. The number of nitrogens with two attached hydrogens (primary N) is 1. The first-order valence-corrected chi connectivity index (χ1v) is 7.60. The third-order valence-electron chi connectivity index (χ3n) is 2.83. The summed E-state index contributed by atoms with van der Waals surface area (Å²) in [4.78, 5) is 15.1. The summed E-state index contributed by atoms with van der Waals surface area (Å²) in [5.74, 6) is -3.38. The normalized spacial score (nSPS) is 22.8. The van der Waals surface area contributed by atoms with Crippen LogP contribution in [0.25, 0.3) is 0 Å². The molecule has 2 atom stereocenters. The van der Waals surface area contributed by atoms with E-state index in [1.165, 1.54) is 0 Å². The van der Waals surface area contributed by atoms with Gasteiger partial charge in [-0.3, -0.25) is 4.79 Å². The first-order valence-electron chi connectivity index (χ1n) is 6.35. The van der Waals surface area contributed by atoms with Crippen molar-refractivity contribution in [3.05, 3.63) is 34.9 Å². The van der Waals surface area contributed by atoms with Gasteiger partial charge in [-0.05, 0) is 18.6 Å². The summed E-state index contributed by atoms with van der Waals surface area (Å²) < 4.78 is 64.5. The maximum Gasteiger partial charge on any atom is 0.412 e. The number of halogens is 6. The lowest BCUT2D eigenvalue weighted by Gasteiger charge is -2.19. The SMILES string of the molecule is C=C(Cl)/C(=C\C(F)=C(/C)F)CNC(=O)C1SC(N)=NC1C(F)(F)F. The molecule has 0 bridgehead atoms. The zero-order valence-electron chi connectivity index (χ0n) is 12.3. The summed E-state index contributed by atoms with van der Waals surface area (Å²) in [7, 11) is 0. The number of hydrogen-bond acceptors (Lipinski definition) is 4. The Balaban J connectivity index is 2.84. The monoisotopic (exact) mass is 389 g/mol. The first-order chi connectivity index (χ1) is 10.9. The second-order valence-electron chi connectivity index (χ2n) is 4.67. The van der Waals surface area contributed by atoms with Crippen LogP contribution in [-0.4, -0.2) is 35.1 Å². The average Bonchev–Trinajstić information content (AvgIpc) is 2.84. The molecule has 0 spiro atoms. The quantitative estimate of drug-likeness (QED) is 0.560. The van der Waals surface area contributed by atoms with Gasteiger partial charge in [-0.1, -0.05) is 29.9 Å². The number of nitrogens with zero attached hydrogens (tertiary/aromatic N) is 1. The lowest BCUT2D eigenvalue weighted by atomic mass is 10.1. The maximum atomic E-state index is 13.3. The summed E-state index contributed by atoms with van der Waals surface area (Å²) in [6.45, 7) is 3.74. The number of amidine groups is 1. The van der Waals surface area contributed by atoms with Gasteiger partial charge in [-0.25, -0.2) is 13.8 Å². The summed E-state index contributed by atoms with van der Waals surface area (Å²) in [5.41, 5.74) is 5.15. The average molecular weight is 390 g/mol. The van der Waals surface area contributed by atoms with Crippen LogP contribution in [0.5, 0.6) is 0 Å². The lowest BCUT2D eigenvalue weighted by molar-refractivity contribution is -0.151. The van der Waals surface area contributed by atoms with Crippen LogP contribution < -0.4 is 11.1 Å². The molecule has 0 radical (unpaired) electrons. The van der Waals surface area contributed by atoms with E-state index < -0.39 is 41.6 Å². The summed E-state index contributed by atoms with van der Waals surface area (Å²) >= 11 is 6.07. The van der Waals surface area contributed by atoms with Gasteiger partial charge in [-0.2, -0.15) is 13.2 Å². The molecule has 0 aliphatic carbocycles. The van der Waals surface area contributed by atoms with Gasteiger partial charge in [0.1, 0.15) is 11.1 Å². The minimum atomic E-state index is -4.74. The van der Waals surface area contributed by atoms with Crippen molar-refractivity contribution in [2.45, 2.75) is 24.4 Å². The molecule has 0 fully saturated rings. The molecule has 1 aliphatic heterocycles. The van der Waals surface area contributed by atoms with Crippen molar-refractivity contribution in [1.29, 1.82) is 0 Å². The van der Waals surface area contributed by atoms with Crippen LogP contribution in [0.3, 0.4) is 0 Å². The Hall–Kier alpha value is -1.55. The Morgan fingerprint density at radius 3 is 2.54 bits per heavy atom. The van der Waals surface area contributed by atoms with Crippen LogP contribution >= 0.6 is 23.4 Å². The Morgan fingerprint density at radius 1 is 1.50 bits per heavy atom. The van der Waals surface area contributed by atoms with Gasteiger partial charge in [0.2, 0.25) is 5.91 Å². The molecule has 4 nitrogen and oxygen atoms in total. The van der Waals surface area contributed by atoms with Crippen LogP contribution in [0.1, 0.15) is 6.92 Å². The zero-order valence-corrected chi connectivity index (χ0v) is 13.8. The van der Waals surface area contributed by atoms with Gasteiger partial charge in [0.25, 0.3) is 0 Å². The van der Waals surface area contributed by atoms with Gasteiger partial charge < -0.3 is 11.1 Å². The van der Waals surface area contributed by atoms with Gasteiger partial charge in [0.05, 0.1) is 0 Å². The highest BCUT2D eigenvalue weighted by Crippen LogP contribution is 2.36. The molecule has 1 amide bonds. The van der Waals surface area contributed by atoms with Crippen molar-refractivity contribution in [2.75, 3.05) is 6.54 Å². The number of thioether (sulfide) groups is 1. The van der Waals surface area contributed by atoms with Crippen molar-refractivity contribution in [3.8, 4) is 0 Å². The van der Waals surface area contributed by atoms with Crippen LogP contribution in [-0.2, 0) is 4.79 Å². The Kier molecular flexibility index (Phi) is 6.85. The van der Waals surface area contributed by atoms with E-state index in [4.69, 9.17) is 17.3 Å². The van der Waals surface area contributed by atoms with E-state index in [2.05, 4.69) is 16.9 Å². The van der Waals surface area contributed by atoms with Crippen molar-refractivity contribution >= 4 is 34.4 Å². The molecule has 1 heterocycles. The van der Waals surface area contributed by atoms with Crippen LogP contribution in [0.2, 0.25) is 0 Å². The first kappa shape index (κ1) is 20.5. The molecule has 0 aromatic carbocycles. The summed E-state index contributed by atoms with van der Waals surface area (Å²) in [5, 5.41) is -0.0178. The fourth-order valence-electron chi connectivity index (χ4n) is 1.63. The topological polar surface area (TPSA) is 67.5 Å². The summed E-state index contributed by atoms with van der Waals surface area (Å²) in [6, 6.07) is -2.28. The van der Waals surface area contributed by atoms with Gasteiger partial charge in [0, 0.05) is 11.6 Å². The van der Waals surface area contributed by atoms with E-state index in [0.29, 0.717) is 17.8 Å². The number of rotatable bonds is 5. The standard InChI is InChI=1S/C13H13ClF5N3OS/c1-5(14)7(3-8(16)6(2)15)4-21-11(23)9-10(13(17,18)19)22-12(20)24-9/h3,9-10H,1,4H2,2H3,(H2,20,22)(H,21,23)/b7-3-,8-6-.